The highest BCUT2D eigenvalue weighted by Gasteiger charge is 2.59. The molecule has 38 heavy (non-hydrogen) atoms. The van der Waals surface area contributed by atoms with Crippen LogP contribution in [0, 0.1) is 0 Å². The lowest BCUT2D eigenvalue weighted by Gasteiger charge is -2.29. The van der Waals surface area contributed by atoms with E-state index in [9.17, 15) is 52.8 Å². The van der Waals surface area contributed by atoms with Gasteiger partial charge in [-0.2, -0.15) is 51.8 Å². The molecule has 8 nitrogen and oxygen atoms in total. The Labute approximate surface area is 238 Å². The third-order valence-electron chi connectivity index (χ3n) is 3.99. The number of carbonyl (C=O) groups is 2. The molecular formula is C16H4Cl6F6N2O6S2. The normalized spacial score (nSPS) is 12.8. The van der Waals surface area contributed by atoms with Crippen molar-refractivity contribution in [2.24, 2.45) is 0 Å². The number of carbonyl (C=O) groups excluding carboxylic acids is 2. The van der Waals surface area contributed by atoms with Crippen LogP contribution in [-0.4, -0.2) is 39.7 Å². The van der Waals surface area contributed by atoms with Crippen LogP contribution in [0.25, 0.3) is 0 Å². The molecule has 2 amide bonds. The van der Waals surface area contributed by atoms with Gasteiger partial charge < -0.3 is 0 Å². The van der Waals surface area contributed by atoms with Crippen LogP contribution in [0.2, 0.25) is 30.1 Å². The molecular weight excluding hydrogens is 707 g/mol. The molecule has 0 radical (unpaired) electrons. The summed E-state index contributed by atoms with van der Waals surface area (Å²) in [5.74, 6) is -6.10. The highest BCUT2D eigenvalue weighted by Crippen LogP contribution is 2.44. The average molecular weight is 711 g/mol. The minimum absolute atomic E-state index is 0.423. The van der Waals surface area contributed by atoms with Gasteiger partial charge in [0.15, 0.2) is 0 Å². The van der Waals surface area contributed by atoms with Gasteiger partial charge in [-0.3, -0.25) is 9.59 Å². The van der Waals surface area contributed by atoms with E-state index in [1.165, 1.54) is 0 Å². The Morgan fingerprint density at radius 3 is 0.947 bits per heavy atom. The Kier molecular flexibility index (Phi) is 9.39. The molecule has 0 heterocycles. The summed E-state index contributed by atoms with van der Waals surface area (Å²) in [5, 5.41) is -5.33. The predicted octanol–water partition coefficient (Wildman–Crippen LogP) is 6.67. The predicted molar refractivity (Wildman–Crippen MR) is 128 cm³/mol. The van der Waals surface area contributed by atoms with Crippen LogP contribution in [0.5, 0.6) is 0 Å². The maximum absolute atomic E-state index is 13.5. The smallest absolute Gasteiger partial charge is 0.262 e. The van der Waals surface area contributed by atoms with Crippen LogP contribution >= 0.6 is 69.6 Å². The molecule has 0 aromatic heterocycles. The number of alkyl halides is 6. The van der Waals surface area contributed by atoms with Crippen LogP contribution in [0.4, 0.5) is 37.7 Å². The molecule has 22 heteroatoms. The number of rotatable bonds is 4. The Morgan fingerprint density at radius 2 is 0.763 bits per heavy atom. The second-order valence-electron chi connectivity index (χ2n) is 6.48. The zero-order chi connectivity index (χ0) is 29.8. The van der Waals surface area contributed by atoms with Crippen molar-refractivity contribution in [1.29, 1.82) is 0 Å². The van der Waals surface area contributed by atoms with Crippen molar-refractivity contribution in [2.75, 3.05) is 8.61 Å². The number of halogens is 12. The van der Waals surface area contributed by atoms with Gasteiger partial charge in [0.1, 0.15) is 0 Å². The van der Waals surface area contributed by atoms with Gasteiger partial charge in [-0.25, -0.2) is 0 Å². The summed E-state index contributed by atoms with van der Waals surface area (Å²) >= 11 is 33.9. The highest BCUT2D eigenvalue weighted by molar-refractivity contribution is 7.95. The fraction of sp³-hybridized carbons (Fsp3) is 0.125. The van der Waals surface area contributed by atoms with Crippen LogP contribution < -0.4 is 8.61 Å². The van der Waals surface area contributed by atoms with Gasteiger partial charge in [-0.05, 0) is 24.3 Å². The third-order valence-corrected chi connectivity index (χ3v) is 8.40. The van der Waals surface area contributed by atoms with E-state index in [1.807, 2.05) is 0 Å². The van der Waals surface area contributed by atoms with Crippen molar-refractivity contribution < 1.29 is 52.8 Å². The number of anilines is 2. The Hall–Kier alpha value is -1.40. The summed E-state index contributed by atoms with van der Waals surface area (Å²) in [6, 6.07) is 2.21. The van der Waals surface area contributed by atoms with Crippen molar-refractivity contribution >= 4 is 113 Å². The largest absolute Gasteiger partial charge is 0.517 e. The summed E-state index contributed by atoms with van der Waals surface area (Å²) in [4.78, 5) is 25.9. The van der Waals surface area contributed by atoms with E-state index in [-0.39, 0.29) is 0 Å². The first-order valence-corrected chi connectivity index (χ1v) is 13.7. The zero-order valence-electron chi connectivity index (χ0n) is 17.0. The number of hydrogen-bond acceptors (Lipinski definition) is 6. The molecule has 0 unspecified atom stereocenters. The van der Waals surface area contributed by atoms with E-state index in [2.05, 4.69) is 0 Å². The number of benzene rings is 2. The summed E-state index contributed by atoms with van der Waals surface area (Å²) in [6.45, 7) is 0. The lowest BCUT2D eigenvalue weighted by atomic mass is 10.3. The first-order valence-electron chi connectivity index (χ1n) is 8.57. The number of nitrogens with zero attached hydrogens (tertiary/aromatic N) is 2. The quantitative estimate of drug-likeness (QED) is 0.259. The maximum atomic E-state index is 13.5. The first kappa shape index (κ1) is 32.8. The SMILES string of the molecule is O=C(C(=O)N(c1c(Cl)cc(Cl)cc1Cl)S(=O)(=O)C(F)(F)F)N(c1c(Cl)cc(Cl)cc1Cl)S(=O)(=O)C(F)(F)F. The molecule has 0 bridgehead atoms. The zero-order valence-corrected chi connectivity index (χ0v) is 23.2. The molecule has 0 fully saturated rings. The summed E-state index contributed by atoms with van der Waals surface area (Å²) in [7, 11) is -14.1. The van der Waals surface area contributed by atoms with E-state index >= 15 is 0 Å². The van der Waals surface area contributed by atoms with E-state index < -0.39 is 93.0 Å². The molecule has 210 valence electrons. The fourth-order valence-electron chi connectivity index (χ4n) is 2.50. The average Bonchev–Trinajstić information content (AvgIpc) is 2.70. The van der Waals surface area contributed by atoms with Crippen molar-refractivity contribution in [2.45, 2.75) is 11.0 Å². The fourth-order valence-corrected chi connectivity index (χ4v) is 6.55. The van der Waals surface area contributed by atoms with Gasteiger partial charge in [0.25, 0.3) is 0 Å². The van der Waals surface area contributed by atoms with Crippen LogP contribution in [0.3, 0.4) is 0 Å². The van der Waals surface area contributed by atoms with Gasteiger partial charge in [0, 0.05) is 10.0 Å². The standard InChI is InChI=1S/C16H4Cl6F6N2O6S2/c17-5-1-7(19)11(8(20)2-5)29(37(33,34)15(23,24)25)13(31)14(32)30(38(35,36)16(26,27)28)12-9(21)3-6(18)4-10(12)22/h1-4H. The van der Waals surface area contributed by atoms with Crippen molar-refractivity contribution in [3.63, 3.8) is 0 Å². The van der Waals surface area contributed by atoms with E-state index in [0.717, 1.165) is 0 Å². The van der Waals surface area contributed by atoms with Crippen LogP contribution in [0.15, 0.2) is 24.3 Å². The molecule has 0 aliphatic carbocycles. The van der Waals surface area contributed by atoms with E-state index in [1.54, 1.807) is 0 Å². The highest BCUT2D eigenvalue weighted by atomic mass is 35.5. The number of sulfonamides is 2. The lowest BCUT2D eigenvalue weighted by Crippen LogP contribution is -2.55. The van der Waals surface area contributed by atoms with Crippen molar-refractivity contribution in [3.8, 4) is 0 Å². The number of amides is 2. The molecule has 0 spiro atoms. The summed E-state index contributed by atoms with van der Waals surface area (Å²) in [5.41, 5.74) is -16.0. The minimum Gasteiger partial charge on any atom is -0.262 e. The Morgan fingerprint density at radius 1 is 0.553 bits per heavy atom. The summed E-state index contributed by atoms with van der Waals surface area (Å²) in [6.07, 6.45) is 0. The van der Waals surface area contributed by atoms with Gasteiger partial charge in [-0.1, -0.05) is 69.6 Å². The van der Waals surface area contributed by atoms with Crippen LogP contribution in [0.1, 0.15) is 0 Å². The second-order valence-corrected chi connectivity index (χ2v) is 12.5. The molecule has 0 atom stereocenters. The monoisotopic (exact) mass is 708 g/mol. The molecule has 0 N–H and O–H groups in total. The first-order chi connectivity index (χ1) is 17.0. The van der Waals surface area contributed by atoms with Gasteiger partial charge >= 0.3 is 42.9 Å². The van der Waals surface area contributed by atoms with Crippen molar-refractivity contribution in [3.05, 3.63) is 54.4 Å². The third kappa shape index (κ3) is 6.01. The summed E-state index contributed by atoms with van der Waals surface area (Å²) < 4.78 is 127. The van der Waals surface area contributed by atoms with Gasteiger partial charge in [-0.15, -0.1) is 0 Å². The van der Waals surface area contributed by atoms with Gasteiger partial charge in [0.2, 0.25) is 0 Å². The minimum atomic E-state index is -7.06. The number of hydrogen-bond donors (Lipinski definition) is 0. The topological polar surface area (TPSA) is 109 Å². The lowest BCUT2D eigenvalue weighted by molar-refractivity contribution is -0.135. The Bertz CT molecular complexity index is 1390. The molecule has 2 aromatic carbocycles. The molecule has 2 aromatic rings. The second kappa shape index (κ2) is 10.9. The van der Waals surface area contributed by atoms with E-state index in [4.69, 9.17) is 69.6 Å². The van der Waals surface area contributed by atoms with Gasteiger partial charge in [0.05, 0.1) is 31.5 Å². The van der Waals surface area contributed by atoms with E-state index in [0.29, 0.717) is 24.3 Å². The van der Waals surface area contributed by atoms with Crippen molar-refractivity contribution in [1.82, 2.24) is 0 Å². The molecule has 0 aliphatic heterocycles. The molecule has 0 saturated heterocycles. The Balaban J connectivity index is 3.00. The molecule has 0 saturated carbocycles. The molecule has 2 rings (SSSR count). The maximum Gasteiger partial charge on any atom is 0.517 e. The van der Waals surface area contributed by atoms with Crippen LogP contribution in [-0.2, 0) is 29.6 Å². The molecule has 0 aliphatic rings.